The third-order valence-electron chi connectivity index (χ3n) is 3.81. The summed E-state index contributed by atoms with van der Waals surface area (Å²) in [6.07, 6.45) is 0. The highest BCUT2D eigenvalue weighted by Crippen LogP contribution is 2.22. The second-order valence-corrected chi connectivity index (χ2v) is 6.14. The third kappa shape index (κ3) is 4.86. The quantitative estimate of drug-likeness (QED) is 0.645. The van der Waals surface area contributed by atoms with Crippen molar-refractivity contribution in [2.75, 3.05) is 32.6 Å². The van der Waals surface area contributed by atoms with Crippen molar-refractivity contribution in [2.24, 2.45) is 0 Å². The van der Waals surface area contributed by atoms with Gasteiger partial charge in [0.25, 0.3) is 11.9 Å². The normalized spacial score (nSPS) is 10.7. The molecule has 3 aromatic rings. The highest BCUT2D eigenvalue weighted by molar-refractivity contribution is 6.04. The smallest absolute Gasteiger partial charge is 0.282 e. The summed E-state index contributed by atoms with van der Waals surface area (Å²) in [6.45, 7) is 5.04. The van der Waals surface area contributed by atoms with Crippen LogP contribution in [0.4, 0.5) is 5.95 Å². The van der Waals surface area contributed by atoms with Gasteiger partial charge in [0.1, 0.15) is 6.61 Å². The number of carbonyl (C=O) groups is 1. The Balaban J connectivity index is 0.00000261. The number of likely N-dealkylation sites (N-methyl/N-ethyl adjacent to an activating group) is 1. The van der Waals surface area contributed by atoms with Crippen LogP contribution in [0, 0.1) is 13.8 Å². The first-order valence-electron chi connectivity index (χ1n) is 8.05. The lowest BCUT2D eigenvalue weighted by molar-refractivity contribution is 0.101. The van der Waals surface area contributed by atoms with Gasteiger partial charge in [0, 0.05) is 6.54 Å². The van der Waals surface area contributed by atoms with E-state index in [1.54, 1.807) is 0 Å². The van der Waals surface area contributed by atoms with Crippen molar-refractivity contribution in [1.82, 2.24) is 35.5 Å². The average molecular weight is 393 g/mol. The van der Waals surface area contributed by atoms with Crippen molar-refractivity contribution in [3.8, 4) is 5.88 Å². The van der Waals surface area contributed by atoms with Gasteiger partial charge in [-0.3, -0.25) is 10.1 Å². The number of nitrogens with one attached hydrogen (secondary N) is 2. The number of fused-ring (bicyclic) bond motifs is 1. The molecule has 0 radical (unpaired) electrons. The first-order valence-corrected chi connectivity index (χ1v) is 8.05. The molecule has 0 saturated carbocycles. The van der Waals surface area contributed by atoms with Gasteiger partial charge in [-0.25, -0.2) is 9.97 Å². The standard InChI is InChI=1S/C16H20N8O2.ClH/c1-9-7-11-12(8-10(9)2)18-15(26-6-5-24(3)4)13(17-11)14(25)19-16-20-22-23-21-16;/h7-8H,5-6H2,1-4H3,(H2,19,20,21,22,23,25);1H. The molecule has 11 heteroatoms. The lowest BCUT2D eigenvalue weighted by Gasteiger charge is -2.13. The van der Waals surface area contributed by atoms with E-state index in [0.29, 0.717) is 24.2 Å². The van der Waals surface area contributed by atoms with Crippen LogP contribution in [-0.4, -0.2) is 68.6 Å². The van der Waals surface area contributed by atoms with Gasteiger partial charge in [-0.05, 0) is 56.4 Å². The molecule has 2 aromatic heterocycles. The molecule has 2 heterocycles. The van der Waals surface area contributed by atoms with E-state index in [9.17, 15) is 4.79 Å². The average Bonchev–Trinajstić information content (AvgIpc) is 3.08. The van der Waals surface area contributed by atoms with E-state index in [-0.39, 0.29) is 29.9 Å². The second kappa shape index (κ2) is 8.69. The van der Waals surface area contributed by atoms with E-state index >= 15 is 0 Å². The molecule has 3 rings (SSSR count). The molecule has 0 atom stereocenters. The summed E-state index contributed by atoms with van der Waals surface area (Å²) in [4.78, 5) is 23.5. The van der Waals surface area contributed by atoms with Crippen molar-refractivity contribution in [3.63, 3.8) is 0 Å². The Morgan fingerprint density at radius 1 is 1.19 bits per heavy atom. The SMILES string of the molecule is Cc1cc2nc(OCCN(C)C)c(C(=O)Nc3nn[nH]n3)nc2cc1C.Cl. The van der Waals surface area contributed by atoms with Crippen LogP contribution in [0.25, 0.3) is 11.0 Å². The molecule has 0 spiro atoms. The number of amides is 1. The second-order valence-electron chi connectivity index (χ2n) is 6.14. The fraction of sp³-hybridized carbons (Fsp3) is 0.375. The van der Waals surface area contributed by atoms with Crippen molar-refractivity contribution in [3.05, 3.63) is 29.0 Å². The number of aromatic amines is 1. The molecule has 2 N–H and O–H groups in total. The van der Waals surface area contributed by atoms with Crippen molar-refractivity contribution in [1.29, 1.82) is 0 Å². The zero-order chi connectivity index (χ0) is 18.7. The number of hydrogen-bond donors (Lipinski definition) is 2. The number of tetrazole rings is 1. The van der Waals surface area contributed by atoms with Crippen LogP contribution in [0.3, 0.4) is 0 Å². The predicted octanol–water partition coefficient (Wildman–Crippen LogP) is 1.37. The van der Waals surface area contributed by atoms with Gasteiger partial charge in [-0.1, -0.05) is 5.10 Å². The fourth-order valence-electron chi connectivity index (χ4n) is 2.24. The molecule has 1 amide bonds. The topological polar surface area (TPSA) is 122 Å². The molecule has 1 aromatic carbocycles. The molecule has 10 nitrogen and oxygen atoms in total. The zero-order valence-electron chi connectivity index (χ0n) is 15.5. The van der Waals surface area contributed by atoms with Crippen LogP contribution >= 0.6 is 12.4 Å². The summed E-state index contributed by atoms with van der Waals surface area (Å²) in [5, 5.41) is 15.6. The van der Waals surface area contributed by atoms with Crippen molar-refractivity contribution in [2.45, 2.75) is 13.8 Å². The summed E-state index contributed by atoms with van der Waals surface area (Å²) in [5.74, 6) is -0.293. The van der Waals surface area contributed by atoms with Gasteiger partial charge >= 0.3 is 0 Å². The first kappa shape index (κ1) is 20.5. The highest BCUT2D eigenvalue weighted by Gasteiger charge is 2.20. The Morgan fingerprint density at radius 3 is 2.44 bits per heavy atom. The maximum absolute atomic E-state index is 12.6. The number of rotatable bonds is 6. The number of hydrogen-bond acceptors (Lipinski definition) is 8. The summed E-state index contributed by atoms with van der Waals surface area (Å²) in [5.41, 5.74) is 3.52. The highest BCUT2D eigenvalue weighted by atomic mass is 35.5. The van der Waals surface area contributed by atoms with Crippen molar-refractivity contribution < 1.29 is 9.53 Å². The Hall–Kier alpha value is -2.85. The number of carbonyl (C=O) groups excluding carboxylic acids is 1. The Kier molecular flexibility index (Phi) is 6.59. The molecule has 27 heavy (non-hydrogen) atoms. The van der Waals surface area contributed by atoms with E-state index in [2.05, 4.69) is 35.9 Å². The largest absolute Gasteiger partial charge is 0.475 e. The monoisotopic (exact) mass is 392 g/mol. The summed E-state index contributed by atoms with van der Waals surface area (Å²) in [6, 6.07) is 3.82. The fourth-order valence-corrected chi connectivity index (χ4v) is 2.24. The number of ether oxygens (including phenoxy) is 1. The number of halogens is 1. The van der Waals surface area contributed by atoms with Crippen LogP contribution < -0.4 is 10.1 Å². The lowest BCUT2D eigenvalue weighted by Crippen LogP contribution is -2.22. The molecule has 0 aliphatic heterocycles. The van der Waals surface area contributed by atoms with Gasteiger partial charge < -0.3 is 9.64 Å². The van der Waals surface area contributed by atoms with Crippen LogP contribution in [0.5, 0.6) is 5.88 Å². The lowest BCUT2D eigenvalue weighted by atomic mass is 10.1. The van der Waals surface area contributed by atoms with Gasteiger partial charge in [-0.2, -0.15) is 5.21 Å². The van der Waals surface area contributed by atoms with Crippen LogP contribution in [0.2, 0.25) is 0 Å². The minimum absolute atomic E-state index is 0. The molecule has 0 bridgehead atoms. The summed E-state index contributed by atoms with van der Waals surface area (Å²) >= 11 is 0. The van der Waals surface area contributed by atoms with Crippen molar-refractivity contribution >= 4 is 35.3 Å². The number of H-pyrrole nitrogens is 1. The van der Waals surface area contributed by atoms with E-state index in [1.807, 2.05) is 45.0 Å². The summed E-state index contributed by atoms with van der Waals surface area (Å²) < 4.78 is 5.73. The Labute approximate surface area is 162 Å². The van der Waals surface area contributed by atoms with Gasteiger partial charge in [-0.15, -0.1) is 17.5 Å². The Morgan fingerprint density at radius 2 is 1.85 bits per heavy atom. The molecule has 0 aliphatic rings. The van der Waals surface area contributed by atoms with Crippen LogP contribution in [0.15, 0.2) is 12.1 Å². The van der Waals surface area contributed by atoms with Gasteiger partial charge in [0.05, 0.1) is 11.0 Å². The number of anilines is 1. The van der Waals surface area contributed by atoms with Crippen LogP contribution in [-0.2, 0) is 0 Å². The number of aryl methyl sites for hydroxylation is 2. The van der Waals surface area contributed by atoms with Gasteiger partial charge in [0.2, 0.25) is 5.88 Å². The zero-order valence-corrected chi connectivity index (χ0v) is 16.3. The van der Waals surface area contributed by atoms with Gasteiger partial charge in [0.15, 0.2) is 5.69 Å². The molecule has 0 fully saturated rings. The number of benzene rings is 1. The van der Waals surface area contributed by atoms with E-state index in [1.165, 1.54) is 0 Å². The minimum atomic E-state index is -0.515. The maximum Gasteiger partial charge on any atom is 0.282 e. The van der Waals surface area contributed by atoms with E-state index in [4.69, 9.17) is 4.74 Å². The third-order valence-corrected chi connectivity index (χ3v) is 3.81. The number of nitrogens with zero attached hydrogens (tertiary/aromatic N) is 6. The molecule has 0 aliphatic carbocycles. The molecule has 0 saturated heterocycles. The maximum atomic E-state index is 12.6. The first-order chi connectivity index (χ1) is 12.4. The Bertz CT molecular complexity index is 930. The minimum Gasteiger partial charge on any atom is -0.475 e. The summed E-state index contributed by atoms with van der Waals surface area (Å²) in [7, 11) is 3.87. The number of aromatic nitrogens is 6. The van der Waals surface area contributed by atoms with Crippen LogP contribution in [0.1, 0.15) is 21.6 Å². The molecular weight excluding hydrogens is 372 g/mol. The van der Waals surface area contributed by atoms with E-state index < -0.39 is 5.91 Å². The molecular formula is C16H21ClN8O2. The molecule has 144 valence electrons. The van der Waals surface area contributed by atoms with E-state index in [0.717, 1.165) is 11.1 Å². The molecule has 0 unspecified atom stereocenters. The predicted molar refractivity (Wildman–Crippen MR) is 102 cm³/mol.